The van der Waals surface area contributed by atoms with Crippen LogP contribution in [0, 0.1) is 11.8 Å². The summed E-state index contributed by atoms with van der Waals surface area (Å²) in [6.07, 6.45) is 3.87. The van der Waals surface area contributed by atoms with Crippen molar-refractivity contribution in [2.75, 3.05) is 17.7 Å². The summed E-state index contributed by atoms with van der Waals surface area (Å²) in [6.45, 7) is 0. The smallest absolute Gasteiger partial charge is 0.227 e. The number of hydrogen-bond acceptors (Lipinski definition) is 3. The third-order valence-corrected chi connectivity index (χ3v) is 3.62. The van der Waals surface area contributed by atoms with E-state index in [-0.39, 0.29) is 23.7 Å². The lowest BCUT2D eigenvalue weighted by molar-refractivity contribution is -0.118. The number of anilines is 2. The Hall–Kier alpha value is -2.04. The van der Waals surface area contributed by atoms with Gasteiger partial charge in [0.1, 0.15) is 5.75 Å². The Morgan fingerprint density at radius 2 is 1.65 bits per heavy atom. The number of methoxy groups -OCH3 is 1. The molecule has 0 atom stereocenters. The molecule has 1 aromatic rings. The molecule has 2 N–H and O–H groups in total. The zero-order valence-electron chi connectivity index (χ0n) is 11.4. The van der Waals surface area contributed by atoms with Gasteiger partial charge in [-0.15, -0.1) is 0 Å². The molecule has 2 aliphatic carbocycles. The molecule has 2 saturated carbocycles. The normalized spacial score (nSPS) is 17.4. The molecule has 2 aliphatic rings. The first-order valence-corrected chi connectivity index (χ1v) is 6.97. The highest BCUT2D eigenvalue weighted by Crippen LogP contribution is 2.34. The second-order valence-corrected chi connectivity index (χ2v) is 5.44. The molecule has 2 fully saturated rings. The van der Waals surface area contributed by atoms with Crippen molar-refractivity contribution in [3.05, 3.63) is 18.2 Å². The molecule has 0 aliphatic heterocycles. The van der Waals surface area contributed by atoms with Crippen molar-refractivity contribution in [3.63, 3.8) is 0 Å². The van der Waals surface area contributed by atoms with Crippen molar-refractivity contribution < 1.29 is 14.3 Å². The van der Waals surface area contributed by atoms with E-state index in [9.17, 15) is 9.59 Å². The van der Waals surface area contributed by atoms with Crippen LogP contribution in [0.5, 0.6) is 5.75 Å². The topological polar surface area (TPSA) is 67.4 Å². The molecule has 0 saturated heterocycles. The van der Waals surface area contributed by atoms with Gasteiger partial charge in [0.2, 0.25) is 11.8 Å². The fourth-order valence-corrected chi connectivity index (χ4v) is 2.04. The number of hydrogen-bond donors (Lipinski definition) is 2. The molecule has 0 unspecified atom stereocenters. The Balaban J connectivity index is 1.70. The molecular formula is C15H18N2O3. The zero-order chi connectivity index (χ0) is 14.1. The zero-order valence-corrected chi connectivity index (χ0v) is 11.4. The Morgan fingerprint density at radius 1 is 1.05 bits per heavy atom. The maximum atomic E-state index is 11.8. The van der Waals surface area contributed by atoms with Gasteiger partial charge in [0, 0.05) is 23.6 Å². The van der Waals surface area contributed by atoms with Crippen molar-refractivity contribution in [3.8, 4) is 5.75 Å². The van der Waals surface area contributed by atoms with Gasteiger partial charge in [0.15, 0.2) is 0 Å². The Kier molecular flexibility index (Phi) is 3.34. The van der Waals surface area contributed by atoms with Crippen LogP contribution in [0.1, 0.15) is 25.7 Å². The maximum absolute atomic E-state index is 11.8. The largest absolute Gasteiger partial charge is 0.494 e. The molecule has 1 aromatic carbocycles. The highest BCUT2D eigenvalue weighted by molar-refractivity contribution is 5.97. The van der Waals surface area contributed by atoms with E-state index in [1.165, 1.54) is 0 Å². The molecule has 20 heavy (non-hydrogen) atoms. The SMILES string of the molecule is COc1cc(NC(=O)C2CC2)ccc1NC(=O)C1CC1. The number of carbonyl (C=O) groups excluding carboxylic acids is 2. The van der Waals surface area contributed by atoms with Crippen LogP contribution in [0.2, 0.25) is 0 Å². The molecular weight excluding hydrogens is 256 g/mol. The third-order valence-electron chi connectivity index (χ3n) is 3.62. The standard InChI is InChI=1S/C15H18N2O3/c1-20-13-8-11(16-14(18)9-2-3-9)6-7-12(13)17-15(19)10-4-5-10/h6-10H,2-5H2,1H3,(H,16,18)(H,17,19). The van der Waals surface area contributed by atoms with E-state index in [2.05, 4.69) is 10.6 Å². The van der Waals surface area contributed by atoms with E-state index in [1.54, 1.807) is 25.3 Å². The summed E-state index contributed by atoms with van der Waals surface area (Å²) < 4.78 is 5.28. The van der Waals surface area contributed by atoms with Crippen LogP contribution in [-0.4, -0.2) is 18.9 Å². The fraction of sp³-hybridized carbons (Fsp3) is 0.467. The van der Waals surface area contributed by atoms with E-state index >= 15 is 0 Å². The first kappa shape index (κ1) is 13.0. The van der Waals surface area contributed by atoms with E-state index in [1.807, 2.05) is 0 Å². The van der Waals surface area contributed by atoms with Gasteiger partial charge in [0.25, 0.3) is 0 Å². The average molecular weight is 274 g/mol. The van der Waals surface area contributed by atoms with E-state index in [0.29, 0.717) is 17.1 Å². The molecule has 2 amide bonds. The average Bonchev–Trinajstić information content (AvgIpc) is 3.32. The summed E-state index contributed by atoms with van der Waals surface area (Å²) in [5.41, 5.74) is 1.34. The summed E-state index contributed by atoms with van der Waals surface area (Å²) in [7, 11) is 1.55. The molecule has 0 radical (unpaired) electrons. The second kappa shape index (κ2) is 5.15. The molecule has 0 spiro atoms. The van der Waals surface area contributed by atoms with Crippen molar-refractivity contribution >= 4 is 23.2 Å². The van der Waals surface area contributed by atoms with Gasteiger partial charge < -0.3 is 15.4 Å². The van der Waals surface area contributed by atoms with E-state index in [0.717, 1.165) is 25.7 Å². The van der Waals surface area contributed by atoms with Crippen LogP contribution in [0.4, 0.5) is 11.4 Å². The maximum Gasteiger partial charge on any atom is 0.227 e. The van der Waals surface area contributed by atoms with Crippen LogP contribution >= 0.6 is 0 Å². The Labute approximate surface area is 117 Å². The van der Waals surface area contributed by atoms with Gasteiger partial charge in [-0.25, -0.2) is 0 Å². The fourth-order valence-electron chi connectivity index (χ4n) is 2.04. The summed E-state index contributed by atoms with van der Waals surface area (Å²) in [5.74, 6) is 0.969. The van der Waals surface area contributed by atoms with Gasteiger partial charge in [-0.1, -0.05) is 0 Å². The molecule has 106 valence electrons. The van der Waals surface area contributed by atoms with Crippen molar-refractivity contribution in [1.29, 1.82) is 0 Å². The first-order chi connectivity index (χ1) is 9.67. The molecule has 0 aromatic heterocycles. The number of ether oxygens (including phenoxy) is 1. The number of nitrogens with one attached hydrogen (secondary N) is 2. The predicted molar refractivity (Wildman–Crippen MR) is 75.7 cm³/mol. The number of rotatable bonds is 5. The van der Waals surface area contributed by atoms with Gasteiger partial charge in [-0.2, -0.15) is 0 Å². The Morgan fingerprint density at radius 3 is 2.20 bits per heavy atom. The lowest BCUT2D eigenvalue weighted by atomic mass is 10.2. The summed E-state index contributed by atoms with van der Waals surface area (Å²) >= 11 is 0. The van der Waals surface area contributed by atoms with E-state index < -0.39 is 0 Å². The van der Waals surface area contributed by atoms with Gasteiger partial charge in [0.05, 0.1) is 12.8 Å². The Bertz CT molecular complexity index is 548. The summed E-state index contributed by atoms with van der Waals surface area (Å²) in [4.78, 5) is 23.5. The van der Waals surface area contributed by atoms with Gasteiger partial charge in [-0.3, -0.25) is 9.59 Å². The highest BCUT2D eigenvalue weighted by atomic mass is 16.5. The minimum absolute atomic E-state index is 0.0399. The monoisotopic (exact) mass is 274 g/mol. The highest BCUT2D eigenvalue weighted by Gasteiger charge is 2.31. The van der Waals surface area contributed by atoms with Crippen LogP contribution in [0.15, 0.2) is 18.2 Å². The van der Waals surface area contributed by atoms with E-state index in [4.69, 9.17) is 4.74 Å². The van der Waals surface area contributed by atoms with Crippen molar-refractivity contribution in [1.82, 2.24) is 0 Å². The lowest BCUT2D eigenvalue weighted by Crippen LogP contribution is -2.15. The van der Waals surface area contributed by atoms with Crippen LogP contribution in [-0.2, 0) is 9.59 Å². The quantitative estimate of drug-likeness (QED) is 0.866. The summed E-state index contributed by atoms with van der Waals surface area (Å²) in [5, 5.41) is 5.72. The molecule has 5 nitrogen and oxygen atoms in total. The van der Waals surface area contributed by atoms with Gasteiger partial charge in [-0.05, 0) is 37.8 Å². The second-order valence-electron chi connectivity index (χ2n) is 5.44. The van der Waals surface area contributed by atoms with Gasteiger partial charge >= 0.3 is 0 Å². The third kappa shape index (κ3) is 2.92. The number of amides is 2. The van der Waals surface area contributed by atoms with Crippen LogP contribution < -0.4 is 15.4 Å². The molecule has 0 heterocycles. The number of benzene rings is 1. The first-order valence-electron chi connectivity index (χ1n) is 6.97. The molecule has 0 bridgehead atoms. The lowest BCUT2D eigenvalue weighted by Gasteiger charge is -2.12. The minimum Gasteiger partial charge on any atom is -0.494 e. The molecule has 5 heteroatoms. The van der Waals surface area contributed by atoms with Crippen molar-refractivity contribution in [2.24, 2.45) is 11.8 Å². The molecule has 3 rings (SSSR count). The van der Waals surface area contributed by atoms with Crippen LogP contribution in [0.25, 0.3) is 0 Å². The minimum atomic E-state index is 0.0399. The predicted octanol–water partition coefficient (Wildman–Crippen LogP) is 2.39. The number of carbonyl (C=O) groups is 2. The van der Waals surface area contributed by atoms with Crippen LogP contribution in [0.3, 0.4) is 0 Å². The van der Waals surface area contributed by atoms with Crippen molar-refractivity contribution in [2.45, 2.75) is 25.7 Å². The summed E-state index contributed by atoms with van der Waals surface area (Å²) in [6, 6.07) is 5.29.